The predicted molar refractivity (Wildman–Crippen MR) is 90.9 cm³/mol. The van der Waals surface area contributed by atoms with Crippen molar-refractivity contribution in [2.45, 2.75) is 19.4 Å². The van der Waals surface area contributed by atoms with Crippen LogP contribution in [0.1, 0.15) is 17.5 Å². The molecule has 0 saturated carbocycles. The van der Waals surface area contributed by atoms with Crippen LogP contribution in [0.25, 0.3) is 0 Å². The Hall–Kier alpha value is -1.91. The van der Waals surface area contributed by atoms with E-state index in [9.17, 15) is 9.18 Å². The average molecular weight is 335 g/mol. The fraction of sp³-hybridized carbons (Fsp3) is 0.278. The van der Waals surface area contributed by atoms with E-state index in [1.165, 1.54) is 12.1 Å². The highest BCUT2D eigenvalue weighted by Crippen LogP contribution is 2.09. The molecule has 0 aliphatic heterocycles. The van der Waals surface area contributed by atoms with E-state index in [0.29, 0.717) is 24.5 Å². The van der Waals surface area contributed by atoms with Gasteiger partial charge in [0.1, 0.15) is 5.82 Å². The second kappa shape index (κ2) is 9.28. The van der Waals surface area contributed by atoms with Gasteiger partial charge in [-0.1, -0.05) is 35.9 Å². The summed E-state index contributed by atoms with van der Waals surface area (Å²) in [4.78, 5) is 11.7. The number of benzene rings is 2. The second-order valence-electron chi connectivity index (χ2n) is 5.28. The minimum absolute atomic E-state index is 0.00855. The van der Waals surface area contributed by atoms with Crippen LogP contribution >= 0.6 is 11.6 Å². The van der Waals surface area contributed by atoms with Gasteiger partial charge in [-0.2, -0.15) is 0 Å². The SMILES string of the molecule is O=C(CCNCCc1ccc(F)cc1)NCc1ccc(Cl)cc1. The summed E-state index contributed by atoms with van der Waals surface area (Å²) in [6.07, 6.45) is 1.24. The number of amides is 1. The maximum atomic E-state index is 12.8. The van der Waals surface area contributed by atoms with Crippen LogP contribution in [0.15, 0.2) is 48.5 Å². The molecule has 23 heavy (non-hydrogen) atoms. The zero-order valence-electron chi connectivity index (χ0n) is 12.8. The monoisotopic (exact) mass is 334 g/mol. The molecule has 2 aromatic carbocycles. The van der Waals surface area contributed by atoms with Crippen molar-refractivity contribution in [2.75, 3.05) is 13.1 Å². The van der Waals surface area contributed by atoms with Crippen LogP contribution in [0.3, 0.4) is 0 Å². The summed E-state index contributed by atoms with van der Waals surface area (Å²) < 4.78 is 12.8. The van der Waals surface area contributed by atoms with Gasteiger partial charge in [0.15, 0.2) is 0 Å². The normalized spacial score (nSPS) is 10.5. The van der Waals surface area contributed by atoms with Crippen molar-refractivity contribution in [1.82, 2.24) is 10.6 Å². The summed E-state index contributed by atoms with van der Waals surface area (Å²) >= 11 is 5.81. The van der Waals surface area contributed by atoms with Gasteiger partial charge in [-0.3, -0.25) is 4.79 Å². The molecule has 0 spiro atoms. The van der Waals surface area contributed by atoms with Crippen molar-refractivity contribution in [3.05, 3.63) is 70.5 Å². The molecule has 5 heteroatoms. The molecule has 0 aliphatic carbocycles. The second-order valence-corrected chi connectivity index (χ2v) is 5.72. The minimum atomic E-state index is -0.223. The Bertz CT molecular complexity index is 614. The molecule has 1 amide bonds. The zero-order valence-corrected chi connectivity index (χ0v) is 13.6. The number of nitrogens with one attached hydrogen (secondary N) is 2. The summed E-state index contributed by atoms with van der Waals surface area (Å²) in [6, 6.07) is 13.9. The van der Waals surface area contributed by atoms with E-state index in [-0.39, 0.29) is 11.7 Å². The van der Waals surface area contributed by atoms with Crippen molar-refractivity contribution in [3.63, 3.8) is 0 Å². The fourth-order valence-electron chi connectivity index (χ4n) is 2.10. The fourth-order valence-corrected chi connectivity index (χ4v) is 2.23. The molecule has 2 aromatic rings. The molecule has 0 bridgehead atoms. The number of rotatable bonds is 8. The van der Waals surface area contributed by atoms with E-state index in [1.54, 1.807) is 24.3 Å². The van der Waals surface area contributed by atoms with Crippen molar-refractivity contribution < 1.29 is 9.18 Å². The van der Waals surface area contributed by atoms with Crippen molar-refractivity contribution >= 4 is 17.5 Å². The Morgan fingerprint density at radius 3 is 2.30 bits per heavy atom. The first-order valence-electron chi connectivity index (χ1n) is 7.60. The summed E-state index contributed by atoms with van der Waals surface area (Å²) in [5, 5.41) is 6.77. The lowest BCUT2D eigenvalue weighted by molar-refractivity contribution is -0.121. The van der Waals surface area contributed by atoms with E-state index < -0.39 is 0 Å². The van der Waals surface area contributed by atoms with Crippen LogP contribution in [0.4, 0.5) is 4.39 Å². The smallest absolute Gasteiger partial charge is 0.221 e. The van der Waals surface area contributed by atoms with E-state index in [1.807, 2.05) is 12.1 Å². The molecule has 122 valence electrons. The molecule has 0 saturated heterocycles. The molecule has 3 nitrogen and oxygen atoms in total. The molecular formula is C18H20ClFN2O. The van der Waals surface area contributed by atoms with Gasteiger partial charge >= 0.3 is 0 Å². The molecule has 0 heterocycles. The summed E-state index contributed by atoms with van der Waals surface area (Å²) in [5.74, 6) is -0.215. The molecular weight excluding hydrogens is 315 g/mol. The molecule has 0 radical (unpaired) electrons. The lowest BCUT2D eigenvalue weighted by Crippen LogP contribution is -2.28. The van der Waals surface area contributed by atoms with Gasteiger partial charge in [0, 0.05) is 24.5 Å². The number of hydrogen-bond acceptors (Lipinski definition) is 2. The first kappa shape index (κ1) is 17.4. The Balaban J connectivity index is 1.56. The average Bonchev–Trinajstić information content (AvgIpc) is 2.56. The maximum Gasteiger partial charge on any atom is 0.221 e. The standard InChI is InChI=1S/C18H20ClFN2O/c19-16-5-1-15(2-6-16)13-22-18(23)10-12-21-11-9-14-3-7-17(20)8-4-14/h1-8,21H,9-13H2,(H,22,23). The zero-order chi connectivity index (χ0) is 16.5. The van der Waals surface area contributed by atoms with Gasteiger partial charge in [0.25, 0.3) is 0 Å². The molecule has 2 rings (SSSR count). The van der Waals surface area contributed by atoms with Crippen LogP contribution in [0, 0.1) is 5.82 Å². The van der Waals surface area contributed by atoms with Crippen molar-refractivity contribution in [3.8, 4) is 0 Å². The number of carbonyl (C=O) groups is 1. The van der Waals surface area contributed by atoms with Crippen LogP contribution in [-0.4, -0.2) is 19.0 Å². The third kappa shape index (κ3) is 6.80. The summed E-state index contributed by atoms with van der Waals surface area (Å²) in [6.45, 7) is 1.88. The molecule has 0 atom stereocenters. The van der Waals surface area contributed by atoms with Gasteiger partial charge in [0.2, 0.25) is 5.91 Å². The molecule has 0 fully saturated rings. The largest absolute Gasteiger partial charge is 0.352 e. The number of carbonyl (C=O) groups excluding carboxylic acids is 1. The van der Waals surface area contributed by atoms with Crippen LogP contribution in [0.5, 0.6) is 0 Å². The van der Waals surface area contributed by atoms with Gasteiger partial charge in [-0.15, -0.1) is 0 Å². The van der Waals surface area contributed by atoms with E-state index in [4.69, 9.17) is 11.6 Å². The number of hydrogen-bond donors (Lipinski definition) is 2. The summed E-state index contributed by atoms with van der Waals surface area (Å²) in [5.41, 5.74) is 2.10. The van der Waals surface area contributed by atoms with Crippen molar-refractivity contribution in [2.24, 2.45) is 0 Å². The highest BCUT2D eigenvalue weighted by molar-refractivity contribution is 6.30. The minimum Gasteiger partial charge on any atom is -0.352 e. The van der Waals surface area contributed by atoms with Crippen molar-refractivity contribution in [1.29, 1.82) is 0 Å². The Morgan fingerprint density at radius 1 is 0.957 bits per heavy atom. The summed E-state index contributed by atoms with van der Waals surface area (Å²) in [7, 11) is 0. The van der Waals surface area contributed by atoms with Gasteiger partial charge in [0.05, 0.1) is 0 Å². The topological polar surface area (TPSA) is 41.1 Å². The van der Waals surface area contributed by atoms with Crippen LogP contribution < -0.4 is 10.6 Å². The van der Waals surface area contributed by atoms with Crippen LogP contribution in [-0.2, 0) is 17.8 Å². The Kier molecular flexibility index (Phi) is 7.04. The van der Waals surface area contributed by atoms with E-state index in [2.05, 4.69) is 10.6 Å². The lowest BCUT2D eigenvalue weighted by atomic mass is 10.1. The molecule has 0 unspecified atom stereocenters. The lowest BCUT2D eigenvalue weighted by Gasteiger charge is -2.07. The third-order valence-electron chi connectivity index (χ3n) is 3.44. The molecule has 2 N–H and O–H groups in total. The Morgan fingerprint density at radius 2 is 1.61 bits per heavy atom. The number of halogens is 2. The highest BCUT2D eigenvalue weighted by Gasteiger charge is 2.01. The third-order valence-corrected chi connectivity index (χ3v) is 3.69. The molecule has 0 aliphatic rings. The first-order valence-corrected chi connectivity index (χ1v) is 7.97. The van der Waals surface area contributed by atoms with Crippen LogP contribution in [0.2, 0.25) is 5.02 Å². The predicted octanol–water partition coefficient (Wildman–Crippen LogP) is 3.32. The van der Waals surface area contributed by atoms with Gasteiger partial charge < -0.3 is 10.6 Å². The first-order chi connectivity index (χ1) is 11.1. The quantitative estimate of drug-likeness (QED) is 0.727. The van der Waals surface area contributed by atoms with E-state index >= 15 is 0 Å². The molecule has 0 aromatic heterocycles. The van der Waals surface area contributed by atoms with E-state index in [0.717, 1.165) is 24.1 Å². The maximum absolute atomic E-state index is 12.8. The Labute approximate surface area is 140 Å². The highest BCUT2D eigenvalue weighted by atomic mass is 35.5. The van der Waals surface area contributed by atoms with Gasteiger partial charge in [-0.25, -0.2) is 4.39 Å². The van der Waals surface area contributed by atoms with Gasteiger partial charge in [-0.05, 0) is 48.4 Å².